The number of hydrogen-bond donors (Lipinski definition) is 2. The predicted octanol–water partition coefficient (Wildman–Crippen LogP) is 5.42. The number of aromatic carboxylic acids is 1. The van der Waals surface area contributed by atoms with E-state index < -0.39 is 11.6 Å². The molecule has 1 aliphatic rings. The van der Waals surface area contributed by atoms with Gasteiger partial charge in [0.2, 0.25) is 5.89 Å². The van der Waals surface area contributed by atoms with Gasteiger partial charge in [-0.25, -0.2) is 14.6 Å². The van der Waals surface area contributed by atoms with Crippen molar-refractivity contribution in [3.8, 4) is 11.5 Å². The van der Waals surface area contributed by atoms with Crippen molar-refractivity contribution in [1.82, 2.24) is 10.3 Å². The summed E-state index contributed by atoms with van der Waals surface area (Å²) in [5.74, 6) is 1.10. The highest BCUT2D eigenvalue weighted by atomic mass is 32.2. The fraction of sp³-hybridized carbons (Fsp3) is 0.522. The van der Waals surface area contributed by atoms with E-state index in [1.54, 1.807) is 24.3 Å². The molecule has 31 heavy (non-hydrogen) atoms. The molecule has 0 unspecified atom stereocenters. The lowest BCUT2D eigenvalue weighted by molar-refractivity contribution is 0.0493. The summed E-state index contributed by atoms with van der Waals surface area (Å²) in [6.45, 7) is 7.49. The molecular weight excluding hydrogens is 416 g/mol. The number of oxazole rings is 1. The van der Waals surface area contributed by atoms with Crippen molar-refractivity contribution in [3.05, 3.63) is 41.3 Å². The number of ether oxygens (including phenoxy) is 1. The number of aryl methyl sites for hydroxylation is 1. The highest BCUT2D eigenvalue weighted by Crippen LogP contribution is 2.32. The lowest BCUT2D eigenvalue weighted by Crippen LogP contribution is -2.41. The Morgan fingerprint density at radius 3 is 2.42 bits per heavy atom. The van der Waals surface area contributed by atoms with Crippen LogP contribution < -0.4 is 5.32 Å². The number of thioether (sulfide) groups is 1. The number of alkyl carbamates (subject to hydrolysis) is 1. The zero-order valence-corrected chi connectivity index (χ0v) is 19.3. The maximum absolute atomic E-state index is 11.9. The van der Waals surface area contributed by atoms with Crippen molar-refractivity contribution in [2.24, 2.45) is 0 Å². The summed E-state index contributed by atoms with van der Waals surface area (Å²) < 4.78 is 11.1. The van der Waals surface area contributed by atoms with E-state index in [0.717, 1.165) is 48.5 Å². The second-order valence-corrected chi connectivity index (χ2v) is 10.1. The minimum absolute atomic E-state index is 0.167. The molecule has 1 amide bonds. The number of carboxylic acid groups (broad SMARTS) is 1. The standard InChI is InChI=1S/C23H30N2O5S/c1-14-19(25-20(29-14)15-5-7-16(8-6-15)21(26)27)13-31-18-11-9-17(10-12-18)24-22(28)30-23(2,3)4/h5-8,17-18H,9-13H2,1-4H3,(H,24,28)(H,26,27). The Kier molecular flexibility index (Phi) is 7.30. The van der Waals surface area contributed by atoms with Crippen LogP contribution in [-0.4, -0.2) is 39.0 Å². The maximum Gasteiger partial charge on any atom is 0.407 e. The van der Waals surface area contributed by atoms with Gasteiger partial charge in [-0.2, -0.15) is 11.8 Å². The lowest BCUT2D eigenvalue weighted by atomic mass is 9.95. The topological polar surface area (TPSA) is 102 Å². The van der Waals surface area contributed by atoms with E-state index in [0.29, 0.717) is 11.1 Å². The van der Waals surface area contributed by atoms with E-state index in [1.807, 2.05) is 39.5 Å². The maximum atomic E-state index is 11.9. The first-order chi connectivity index (χ1) is 14.6. The van der Waals surface area contributed by atoms with Crippen molar-refractivity contribution in [2.45, 2.75) is 76.0 Å². The van der Waals surface area contributed by atoms with Crippen LogP contribution in [0.5, 0.6) is 0 Å². The molecule has 7 nitrogen and oxygen atoms in total. The number of amides is 1. The summed E-state index contributed by atoms with van der Waals surface area (Å²) in [5, 5.41) is 12.5. The van der Waals surface area contributed by atoms with Crippen molar-refractivity contribution in [3.63, 3.8) is 0 Å². The highest BCUT2D eigenvalue weighted by Gasteiger charge is 2.25. The van der Waals surface area contributed by atoms with Crippen LogP contribution in [0.25, 0.3) is 11.5 Å². The average molecular weight is 447 g/mol. The fourth-order valence-corrected chi connectivity index (χ4v) is 4.75. The monoisotopic (exact) mass is 446 g/mol. The second-order valence-electron chi connectivity index (χ2n) is 8.84. The molecule has 1 aromatic heterocycles. The normalized spacial score (nSPS) is 19.1. The number of hydrogen-bond acceptors (Lipinski definition) is 6. The zero-order valence-electron chi connectivity index (χ0n) is 18.4. The molecule has 1 fully saturated rings. The number of carboxylic acids is 1. The van der Waals surface area contributed by atoms with E-state index in [1.165, 1.54) is 0 Å². The molecule has 0 radical (unpaired) electrons. The molecular formula is C23H30N2O5S. The van der Waals surface area contributed by atoms with Crippen molar-refractivity contribution in [1.29, 1.82) is 0 Å². The lowest BCUT2D eigenvalue weighted by Gasteiger charge is -2.29. The van der Waals surface area contributed by atoms with Gasteiger partial charge in [-0.15, -0.1) is 0 Å². The number of rotatable bonds is 6. The van der Waals surface area contributed by atoms with Gasteiger partial charge in [-0.3, -0.25) is 0 Å². The van der Waals surface area contributed by atoms with Gasteiger partial charge in [-0.1, -0.05) is 0 Å². The molecule has 2 N–H and O–H groups in total. The van der Waals surface area contributed by atoms with Crippen LogP contribution in [0.1, 0.15) is 68.3 Å². The Balaban J connectivity index is 1.48. The average Bonchev–Trinajstić information content (AvgIpc) is 3.06. The summed E-state index contributed by atoms with van der Waals surface area (Å²) in [5.41, 5.74) is 1.43. The fourth-order valence-electron chi connectivity index (χ4n) is 3.49. The number of benzene rings is 1. The molecule has 0 aliphatic heterocycles. The number of carbonyl (C=O) groups is 2. The van der Waals surface area contributed by atoms with Crippen molar-refractivity contribution >= 4 is 23.8 Å². The summed E-state index contributed by atoms with van der Waals surface area (Å²) in [6, 6.07) is 6.70. The third-order valence-corrected chi connectivity index (χ3v) is 6.51. The largest absolute Gasteiger partial charge is 0.478 e. The Morgan fingerprint density at radius 2 is 1.84 bits per heavy atom. The van der Waals surface area contributed by atoms with Crippen LogP contribution in [-0.2, 0) is 10.5 Å². The van der Waals surface area contributed by atoms with Gasteiger partial charge in [0.25, 0.3) is 0 Å². The Bertz CT molecular complexity index is 909. The van der Waals surface area contributed by atoms with Crippen molar-refractivity contribution in [2.75, 3.05) is 0 Å². The predicted molar refractivity (Wildman–Crippen MR) is 120 cm³/mol. The molecule has 168 valence electrons. The molecule has 0 spiro atoms. The molecule has 0 saturated heterocycles. The summed E-state index contributed by atoms with van der Waals surface area (Å²) in [4.78, 5) is 27.6. The van der Waals surface area contributed by atoms with Crippen molar-refractivity contribution < 1.29 is 23.8 Å². The number of nitrogens with zero attached hydrogens (tertiary/aromatic N) is 1. The minimum atomic E-state index is -0.955. The van der Waals surface area contributed by atoms with E-state index in [-0.39, 0.29) is 17.7 Å². The van der Waals surface area contributed by atoms with E-state index >= 15 is 0 Å². The van der Waals surface area contributed by atoms with E-state index in [4.69, 9.17) is 14.3 Å². The number of carbonyl (C=O) groups excluding carboxylic acids is 1. The number of nitrogens with one attached hydrogen (secondary N) is 1. The third-order valence-electron chi connectivity index (χ3n) is 5.12. The summed E-state index contributed by atoms with van der Waals surface area (Å²) in [7, 11) is 0. The van der Waals surface area contributed by atoms with Crippen LogP contribution in [0.2, 0.25) is 0 Å². The molecule has 0 atom stereocenters. The van der Waals surface area contributed by atoms with Crippen LogP contribution in [0, 0.1) is 6.92 Å². The minimum Gasteiger partial charge on any atom is -0.478 e. The molecule has 1 aliphatic carbocycles. The van der Waals surface area contributed by atoms with E-state index in [9.17, 15) is 9.59 Å². The van der Waals surface area contributed by atoms with Gasteiger partial charge in [-0.05, 0) is 77.6 Å². The zero-order chi connectivity index (χ0) is 22.6. The Morgan fingerprint density at radius 1 is 1.19 bits per heavy atom. The molecule has 1 aromatic carbocycles. The van der Waals surface area contributed by atoms with Gasteiger partial charge in [0.1, 0.15) is 11.4 Å². The van der Waals surface area contributed by atoms with Crippen LogP contribution >= 0.6 is 11.8 Å². The first-order valence-corrected chi connectivity index (χ1v) is 11.6. The van der Waals surface area contributed by atoms with Gasteiger partial charge in [0.05, 0.1) is 11.3 Å². The molecule has 3 rings (SSSR count). The Hall–Kier alpha value is -2.48. The van der Waals surface area contributed by atoms with Gasteiger partial charge < -0.3 is 19.6 Å². The van der Waals surface area contributed by atoms with Gasteiger partial charge in [0.15, 0.2) is 0 Å². The highest BCUT2D eigenvalue weighted by molar-refractivity contribution is 7.99. The molecule has 1 saturated carbocycles. The SMILES string of the molecule is Cc1oc(-c2ccc(C(=O)O)cc2)nc1CSC1CCC(NC(=O)OC(C)(C)C)CC1. The van der Waals surface area contributed by atoms with Gasteiger partial charge in [0, 0.05) is 22.6 Å². The molecule has 2 aromatic rings. The molecule has 1 heterocycles. The van der Waals surface area contributed by atoms with Crippen LogP contribution in [0.15, 0.2) is 28.7 Å². The molecule has 0 bridgehead atoms. The summed E-state index contributed by atoms with van der Waals surface area (Å²) in [6.07, 6.45) is 3.61. The van der Waals surface area contributed by atoms with E-state index in [2.05, 4.69) is 10.3 Å². The smallest absolute Gasteiger partial charge is 0.407 e. The second kappa shape index (κ2) is 9.77. The molecule has 8 heteroatoms. The quantitative estimate of drug-likeness (QED) is 0.611. The van der Waals surface area contributed by atoms with Crippen LogP contribution in [0.3, 0.4) is 0 Å². The van der Waals surface area contributed by atoms with Crippen LogP contribution in [0.4, 0.5) is 4.79 Å². The Labute approximate surface area is 187 Å². The van der Waals surface area contributed by atoms with Gasteiger partial charge >= 0.3 is 12.1 Å². The first-order valence-electron chi connectivity index (χ1n) is 10.5. The first kappa shape index (κ1) is 23.2. The third kappa shape index (κ3) is 6.75. The number of aromatic nitrogens is 1. The summed E-state index contributed by atoms with van der Waals surface area (Å²) >= 11 is 1.87.